The van der Waals surface area contributed by atoms with Crippen LogP contribution in [0.2, 0.25) is 0 Å². The minimum absolute atomic E-state index is 0.000400. The molecule has 1 aromatic heterocycles. The van der Waals surface area contributed by atoms with Gasteiger partial charge in [-0.2, -0.15) is 0 Å². The number of carboxylic acids is 1. The summed E-state index contributed by atoms with van der Waals surface area (Å²) in [5, 5.41) is 24.5. The Morgan fingerprint density at radius 1 is 1.12 bits per heavy atom. The van der Waals surface area contributed by atoms with Crippen molar-refractivity contribution in [1.29, 1.82) is 0 Å². The van der Waals surface area contributed by atoms with Crippen molar-refractivity contribution < 1.29 is 38.9 Å². The summed E-state index contributed by atoms with van der Waals surface area (Å²) in [5.74, 6) is -2.52. The number of carbonyl (C=O) groups excluding carboxylic acids is 3. The number of amides is 3. The molecule has 3 amide bonds. The van der Waals surface area contributed by atoms with Crippen LogP contribution >= 0.6 is 11.3 Å². The highest BCUT2D eigenvalue weighted by molar-refractivity contribution is 7.13. The van der Waals surface area contributed by atoms with Crippen LogP contribution in [-0.2, 0) is 35.2 Å². The van der Waals surface area contributed by atoms with Gasteiger partial charge < -0.3 is 35.2 Å². The number of likely N-dealkylation sites (tertiary alicyclic amines) is 1. The number of aliphatic hydroxyl groups excluding tert-OH is 1. The van der Waals surface area contributed by atoms with Crippen molar-refractivity contribution in [3.8, 4) is 10.4 Å². The topological polar surface area (TPSA) is 167 Å². The average molecular weight is 591 g/mol. The number of nitrogens with one attached hydrogen (secondary N) is 2. The van der Waals surface area contributed by atoms with E-state index in [-0.39, 0.29) is 45.2 Å². The van der Waals surface area contributed by atoms with E-state index in [1.54, 1.807) is 37.6 Å². The first-order chi connectivity index (χ1) is 19.4. The molecule has 41 heavy (non-hydrogen) atoms. The van der Waals surface area contributed by atoms with E-state index in [2.05, 4.69) is 15.6 Å². The minimum Gasteiger partial charge on any atom is -0.480 e. The molecule has 0 unspecified atom stereocenters. The first-order valence-electron chi connectivity index (χ1n) is 13.3. The summed E-state index contributed by atoms with van der Waals surface area (Å²) in [6, 6.07) is 5.92. The highest BCUT2D eigenvalue weighted by Crippen LogP contribution is 2.28. The number of aliphatic carboxylic acids is 1. The van der Waals surface area contributed by atoms with Crippen LogP contribution in [0.4, 0.5) is 0 Å². The second-order valence-corrected chi connectivity index (χ2v) is 11.8. The van der Waals surface area contributed by atoms with Crippen molar-refractivity contribution in [1.82, 2.24) is 20.5 Å². The second kappa shape index (κ2) is 14.5. The number of aromatic nitrogens is 1. The van der Waals surface area contributed by atoms with Crippen molar-refractivity contribution in [2.75, 3.05) is 33.0 Å². The fraction of sp³-hybridized carbons (Fsp3) is 0.536. The van der Waals surface area contributed by atoms with Crippen molar-refractivity contribution in [2.24, 2.45) is 5.41 Å². The number of β-amino-alcohol motifs (C(OH)–C–C–N with tert-alkyl or cyclic N) is 1. The van der Waals surface area contributed by atoms with Gasteiger partial charge in [0.2, 0.25) is 17.7 Å². The number of rotatable bonds is 13. The summed E-state index contributed by atoms with van der Waals surface area (Å²) in [5.41, 5.74) is 3.98. The van der Waals surface area contributed by atoms with Crippen molar-refractivity contribution in [2.45, 2.75) is 58.8 Å². The normalized spacial score (nSPS) is 17.7. The van der Waals surface area contributed by atoms with Crippen LogP contribution in [0.15, 0.2) is 29.8 Å². The molecule has 1 saturated heterocycles. The first-order valence-corrected chi connectivity index (χ1v) is 14.2. The Balaban J connectivity index is 1.58. The Kier molecular flexibility index (Phi) is 11.4. The molecule has 2 aromatic rings. The Morgan fingerprint density at radius 2 is 1.78 bits per heavy atom. The molecule has 2 heterocycles. The Hall–Kier alpha value is -3.39. The minimum atomic E-state index is -1.11. The Morgan fingerprint density at radius 3 is 2.37 bits per heavy atom. The van der Waals surface area contributed by atoms with Gasteiger partial charge in [0, 0.05) is 19.5 Å². The first kappa shape index (κ1) is 32.1. The van der Waals surface area contributed by atoms with Crippen LogP contribution in [0.3, 0.4) is 0 Å². The molecule has 0 saturated carbocycles. The fourth-order valence-electron chi connectivity index (χ4n) is 4.43. The number of nitrogens with zero attached hydrogens (tertiary/aromatic N) is 2. The summed E-state index contributed by atoms with van der Waals surface area (Å²) in [7, 11) is 0. The van der Waals surface area contributed by atoms with Crippen molar-refractivity contribution in [3.05, 3.63) is 41.0 Å². The third-order valence-electron chi connectivity index (χ3n) is 6.54. The van der Waals surface area contributed by atoms with Gasteiger partial charge in [-0.05, 0) is 23.5 Å². The van der Waals surface area contributed by atoms with E-state index in [1.165, 1.54) is 4.90 Å². The van der Waals surface area contributed by atoms with Gasteiger partial charge in [-0.1, -0.05) is 45.0 Å². The standard InChI is InChI=1S/C28H38N4O8S/c1-17-24(41-16-30-17)19-7-5-18(6-8-19)12-29-26(37)21-11-20(33)13-32(21)27(38)25(28(2,3)4)31-22(34)14-39-9-10-40-15-23(35)36/h5-8,16,20-21,25,33H,9-15H2,1-4H3,(H,29,37)(H,31,34)(H,35,36)/t20-,21+,25-/m1/s1. The van der Waals surface area contributed by atoms with Gasteiger partial charge in [0.05, 0.1) is 35.4 Å². The highest BCUT2D eigenvalue weighted by Gasteiger charge is 2.44. The van der Waals surface area contributed by atoms with E-state index < -0.39 is 48.0 Å². The van der Waals surface area contributed by atoms with Gasteiger partial charge in [-0.3, -0.25) is 14.4 Å². The summed E-state index contributed by atoms with van der Waals surface area (Å²) in [6.07, 6.45) is -0.784. The third kappa shape index (κ3) is 9.32. The van der Waals surface area contributed by atoms with Gasteiger partial charge in [0.15, 0.2) is 0 Å². The molecule has 0 aliphatic carbocycles. The molecule has 1 aromatic carbocycles. The molecule has 4 N–H and O–H groups in total. The fourth-order valence-corrected chi connectivity index (χ4v) is 5.24. The van der Waals surface area contributed by atoms with Crippen molar-refractivity contribution in [3.63, 3.8) is 0 Å². The van der Waals surface area contributed by atoms with E-state index in [0.717, 1.165) is 21.7 Å². The molecule has 13 heteroatoms. The second-order valence-electron chi connectivity index (χ2n) is 10.9. The number of thiazole rings is 1. The van der Waals surface area contributed by atoms with Crippen LogP contribution in [0.25, 0.3) is 10.4 Å². The molecule has 0 spiro atoms. The van der Waals surface area contributed by atoms with Gasteiger partial charge in [-0.15, -0.1) is 11.3 Å². The molecule has 12 nitrogen and oxygen atoms in total. The van der Waals surface area contributed by atoms with Crippen LogP contribution in [-0.4, -0.2) is 94.9 Å². The zero-order chi connectivity index (χ0) is 30.2. The third-order valence-corrected chi connectivity index (χ3v) is 7.52. The number of ether oxygens (including phenoxy) is 2. The number of hydrogen-bond acceptors (Lipinski definition) is 9. The zero-order valence-corrected chi connectivity index (χ0v) is 24.5. The molecule has 0 radical (unpaired) electrons. The number of hydrogen-bond donors (Lipinski definition) is 4. The number of aryl methyl sites for hydroxylation is 1. The number of carbonyl (C=O) groups is 4. The van der Waals surface area contributed by atoms with E-state index in [9.17, 15) is 24.3 Å². The number of carboxylic acid groups (broad SMARTS) is 1. The molecular formula is C28H38N4O8S. The quantitative estimate of drug-likeness (QED) is 0.252. The monoisotopic (exact) mass is 590 g/mol. The van der Waals surface area contributed by atoms with E-state index in [4.69, 9.17) is 14.6 Å². The van der Waals surface area contributed by atoms with Gasteiger partial charge in [-0.25, -0.2) is 9.78 Å². The molecule has 224 valence electrons. The van der Waals surface area contributed by atoms with Crippen LogP contribution < -0.4 is 10.6 Å². The molecule has 0 bridgehead atoms. The Bertz CT molecular complexity index is 1210. The largest absolute Gasteiger partial charge is 0.480 e. The maximum Gasteiger partial charge on any atom is 0.329 e. The van der Waals surface area contributed by atoms with Gasteiger partial charge in [0.25, 0.3) is 0 Å². The van der Waals surface area contributed by atoms with E-state index in [0.29, 0.717) is 0 Å². The predicted octanol–water partition coefficient (Wildman–Crippen LogP) is 1.35. The van der Waals surface area contributed by atoms with Crippen LogP contribution in [0.5, 0.6) is 0 Å². The predicted molar refractivity (Wildman–Crippen MR) is 151 cm³/mol. The van der Waals surface area contributed by atoms with Gasteiger partial charge in [0.1, 0.15) is 25.3 Å². The maximum atomic E-state index is 13.6. The van der Waals surface area contributed by atoms with Gasteiger partial charge >= 0.3 is 5.97 Å². The maximum absolute atomic E-state index is 13.6. The molecule has 3 rings (SSSR count). The number of aliphatic hydroxyl groups is 1. The van der Waals surface area contributed by atoms with E-state index in [1.807, 2.05) is 31.2 Å². The molecule has 1 aliphatic rings. The summed E-state index contributed by atoms with van der Waals surface area (Å²) < 4.78 is 10.1. The molecule has 3 atom stereocenters. The molecular weight excluding hydrogens is 552 g/mol. The number of benzene rings is 1. The lowest BCUT2D eigenvalue weighted by molar-refractivity contribution is -0.145. The summed E-state index contributed by atoms with van der Waals surface area (Å²) >= 11 is 1.56. The average Bonchev–Trinajstić information content (AvgIpc) is 3.52. The summed E-state index contributed by atoms with van der Waals surface area (Å²) in [6.45, 7) is 6.72. The molecule has 1 fully saturated rings. The summed E-state index contributed by atoms with van der Waals surface area (Å²) in [4.78, 5) is 56.5. The molecule has 1 aliphatic heterocycles. The Labute approximate surface area is 243 Å². The lowest BCUT2D eigenvalue weighted by Crippen LogP contribution is -2.58. The van der Waals surface area contributed by atoms with Crippen LogP contribution in [0, 0.1) is 12.3 Å². The van der Waals surface area contributed by atoms with Crippen LogP contribution in [0.1, 0.15) is 38.4 Å². The smallest absolute Gasteiger partial charge is 0.329 e. The lowest BCUT2D eigenvalue weighted by Gasteiger charge is -2.35. The zero-order valence-electron chi connectivity index (χ0n) is 23.7. The van der Waals surface area contributed by atoms with E-state index >= 15 is 0 Å². The highest BCUT2D eigenvalue weighted by atomic mass is 32.1. The lowest BCUT2D eigenvalue weighted by atomic mass is 9.85. The van der Waals surface area contributed by atoms with Crippen molar-refractivity contribution >= 4 is 35.0 Å². The SMILES string of the molecule is Cc1ncsc1-c1ccc(CNC(=O)[C@@H]2C[C@@H](O)CN2C(=O)[C@@H](NC(=O)COCCOCC(=O)O)C(C)(C)C)cc1.